The lowest BCUT2D eigenvalue weighted by atomic mass is 10.0. The van der Waals surface area contributed by atoms with Gasteiger partial charge in [0.1, 0.15) is 5.60 Å². The number of aliphatic imine (C=N–C) groups is 1. The maximum Gasteiger partial charge on any atom is 0.407 e. The molecule has 0 radical (unpaired) electrons. The van der Waals surface area contributed by atoms with E-state index >= 15 is 0 Å². The largest absolute Gasteiger partial charge is 0.493 e. The minimum Gasteiger partial charge on any atom is -0.493 e. The number of nitrogens with one attached hydrogen (secondary N) is 3. The van der Waals surface area contributed by atoms with Crippen LogP contribution in [0, 0.1) is 5.92 Å². The van der Waals surface area contributed by atoms with Gasteiger partial charge in [-0.1, -0.05) is 13.8 Å². The molecule has 8 nitrogen and oxygen atoms in total. The van der Waals surface area contributed by atoms with Crippen molar-refractivity contribution in [2.24, 2.45) is 10.9 Å². The SMILES string of the molecule is CN=C(NCC(NC(=O)OC(C)(C)C)C(C)C)Nc1ccc(OC)c(OC)c1.I. The summed E-state index contributed by atoms with van der Waals surface area (Å²) in [6.45, 7) is 10.1. The highest BCUT2D eigenvalue weighted by molar-refractivity contribution is 14.0. The summed E-state index contributed by atoms with van der Waals surface area (Å²) < 4.78 is 15.9. The smallest absolute Gasteiger partial charge is 0.407 e. The van der Waals surface area contributed by atoms with Gasteiger partial charge in [0.2, 0.25) is 0 Å². The molecule has 1 amide bonds. The molecular weight excluding hydrogens is 487 g/mol. The van der Waals surface area contributed by atoms with Crippen molar-refractivity contribution in [1.29, 1.82) is 0 Å². The van der Waals surface area contributed by atoms with Crippen LogP contribution >= 0.6 is 24.0 Å². The number of alkyl carbamates (subject to hydrolysis) is 1. The lowest BCUT2D eigenvalue weighted by molar-refractivity contribution is 0.0491. The molecule has 0 aliphatic rings. The molecule has 0 saturated carbocycles. The third kappa shape index (κ3) is 9.91. The van der Waals surface area contributed by atoms with E-state index in [0.717, 1.165) is 5.69 Å². The van der Waals surface area contributed by atoms with E-state index in [4.69, 9.17) is 14.2 Å². The zero-order chi connectivity index (χ0) is 21.3. The fourth-order valence-corrected chi connectivity index (χ4v) is 2.35. The normalized spacial score (nSPS) is 12.5. The predicted octanol–water partition coefficient (Wildman–Crippen LogP) is 3.86. The van der Waals surface area contributed by atoms with Gasteiger partial charge in [0.25, 0.3) is 0 Å². The quantitative estimate of drug-likeness (QED) is 0.286. The number of carbonyl (C=O) groups excluding carboxylic acids is 1. The molecule has 0 saturated heterocycles. The highest BCUT2D eigenvalue weighted by Crippen LogP contribution is 2.29. The van der Waals surface area contributed by atoms with Crippen LogP contribution < -0.4 is 25.4 Å². The topological polar surface area (TPSA) is 93.2 Å². The number of carbonyl (C=O) groups is 1. The van der Waals surface area contributed by atoms with Crippen LogP contribution in [0.3, 0.4) is 0 Å². The summed E-state index contributed by atoms with van der Waals surface area (Å²) in [5, 5.41) is 9.34. The van der Waals surface area contributed by atoms with Crippen molar-refractivity contribution in [2.45, 2.75) is 46.3 Å². The summed E-state index contributed by atoms with van der Waals surface area (Å²) in [4.78, 5) is 16.3. The predicted molar refractivity (Wildman–Crippen MR) is 128 cm³/mol. The van der Waals surface area contributed by atoms with E-state index in [2.05, 4.69) is 20.9 Å². The van der Waals surface area contributed by atoms with Crippen molar-refractivity contribution in [3.8, 4) is 11.5 Å². The number of ether oxygens (including phenoxy) is 3. The molecule has 1 rings (SSSR count). The van der Waals surface area contributed by atoms with Crippen LogP contribution in [0.1, 0.15) is 34.6 Å². The van der Waals surface area contributed by atoms with Gasteiger partial charge in [0.05, 0.1) is 20.3 Å². The molecule has 9 heteroatoms. The van der Waals surface area contributed by atoms with Crippen LogP contribution in [-0.2, 0) is 4.74 Å². The van der Waals surface area contributed by atoms with Crippen LogP contribution in [0.2, 0.25) is 0 Å². The number of guanidine groups is 1. The van der Waals surface area contributed by atoms with Crippen LogP contribution in [0.5, 0.6) is 11.5 Å². The van der Waals surface area contributed by atoms with Crippen molar-refractivity contribution in [1.82, 2.24) is 10.6 Å². The average molecular weight is 522 g/mol. The molecule has 0 spiro atoms. The first-order valence-corrected chi connectivity index (χ1v) is 9.28. The lowest BCUT2D eigenvalue weighted by Crippen LogP contribution is -2.49. The average Bonchev–Trinajstić information content (AvgIpc) is 2.61. The molecule has 0 aromatic heterocycles. The standard InChI is InChI=1S/C20H34N4O4.HI/c1-13(2)15(24-19(25)28-20(3,4)5)12-22-18(21-6)23-14-9-10-16(26-7)17(11-14)27-8;/h9-11,13,15H,12H2,1-8H3,(H,24,25)(H2,21,22,23);1H. The number of amides is 1. The monoisotopic (exact) mass is 522 g/mol. The number of benzene rings is 1. The summed E-state index contributed by atoms with van der Waals surface area (Å²) in [5.74, 6) is 2.05. The van der Waals surface area contributed by atoms with Gasteiger partial charge in [-0.15, -0.1) is 24.0 Å². The van der Waals surface area contributed by atoms with E-state index in [0.29, 0.717) is 24.0 Å². The highest BCUT2D eigenvalue weighted by Gasteiger charge is 2.21. The zero-order valence-corrected chi connectivity index (χ0v) is 20.9. The summed E-state index contributed by atoms with van der Waals surface area (Å²) in [6.07, 6.45) is -0.434. The maximum atomic E-state index is 12.1. The van der Waals surface area contributed by atoms with E-state index in [1.165, 1.54) is 0 Å². The number of rotatable bonds is 7. The Kier molecular flexibility index (Phi) is 11.8. The summed E-state index contributed by atoms with van der Waals surface area (Å²) in [6, 6.07) is 5.38. The first-order chi connectivity index (χ1) is 13.1. The number of nitrogens with zero attached hydrogens (tertiary/aromatic N) is 1. The van der Waals surface area contributed by atoms with Crippen molar-refractivity contribution in [2.75, 3.05) is 33.1 Å². The van der Waals surface area contributed by atoms with Crippen molar-refractivity contribution in [3.63, 3.8) is 0 Å². The van der Waals surface area contributed by atoms with Gasteiger partial charge < -0.3 is 30.2 Å². The summed E-state index contributed by atoms with van der Waals surface area (Å²) in [5.41, 5.74) is 0.260. The third-order valence-corrected chi connectivity index (χ3v) is 3.87. The maximum absolute atomic E-state index is 12.1. The lowest BCUT2D eigenvalue weighted by Gasteiger charge is -2.26. The molecule has 1 aromatic rings. The molecule has 0 heterocycles. The number of hydrogen-bond donors (Lipinski definition) is 3. The summed E-state index contributed by atoms with van der Waals surface area (Å²) in [7, 11) is 4.86. The molecule has 1 atom stereocenters. The van der Waals surface area contributed by atoms with Crippen molar-refractivity contribution >= 4 is 41.7 Å². The fourth-order valence-electron chi connectivity index (χ4n) is 2.35. The molecule has 166 valence electrons. The van der Waals surface area contributed by atoms with Gasteiger partial charge in [-0.25, -0.2) is 4.79 Å². The number of hydrogen-bond acceptors (Lipinski definition) is 5. The third-order valence-electron chi connectivity index (χ3n) is 3.87. The summed E-state index contributed by atoms with van der Waals surface area (Å²) >= 11 is 0. The number of methoxy groups -OCH3 is 2. The van der Waals surface area contributed by atoms with E-state index in [1.54, 1.807) is 21.3 Å². The molecule has 1 aromatic carbocycles. The van der Waals surface area contributed by atoms with E-state index < -0.39 is 11.7 Å². The van der Waals surface area contributed by atoms with Gasteiger partial charge in [-0.2, -0.15) is 0 Å². The number of halogens is 1. The molecule has 0 aliphatic carbocycles. The molecular formula is C20H35IN4O4. The Bertz CT molecular complexity index is 675. The molecule has 0 aliphatic heterocycles. The Morgan fingerprint density at radius 3 is 2.24 bits per heavy atom. The van der Waals surface area contributed by atoms with Crippen LogP contribution in [0.4, 0.5) is 10.5 Å². The molecule has 1 unspecified atom stereocenters. The Balaban J connectivity index is 0.00000784. The molecule has 0 bridgehead atoms. The van der Waals surface area contributed by atoms with Crippen molar-refractivity contribution < 1.29 is 19.0 Å². The second kappa shape index (κ2) is 12.6. The van der Waals surface area contributed by atoms with E-state index in [1.807, 2.05) is 52.8 Å². The van der Waals surface area contributed by atoms with E-state index in [9.17, 15) is 4.79 Å². The van der Waals surface area contributed by atoms with Gasteiger partial charge in [0, 0.05) is 25.3 Å². The second-order valence-corrected chi connectivity index (χ2v) is 7.64. The Morgan fingerprint density at radius 1 is 1.14 bits per heavy atom. The van der Waals surface area contributed by atoms with Crippen molar-refractivity contribution in [3.05, 3.63) is 18.2 Å². The molecule has 29 heavy (non-hydrogen) atoms. The zero-order valence-electron chi connectivity index (χ0n) is 18.6. The van der Waals surface area contributed by atoms with Gasteiger partial charge in [-0.05, 0) is 38.8 Å². The molecule has 3 N–H and O–H groups in total. The van der Waals surface area contributed by atoms with Gasteiger partial charge in [-0.3, -0.25) is 4.99 Å². The first kappa shape index (κ1) is 27.1. The number of anilines is 1. The Hall–Kier alpha value is -1.91. The van der Waals surface area contributed by atoms with Gasteiger partial charge >= 0.3 is 6.09 Å². The van der Waals surface area contributed by atoms with Crippen LogP contribution in [0.15, 0.2) is 23.2 Å². The first-order valence-electron chi connectivity index (χ1n) is 9.28. The fraction of sp³-hybridized carbons (Fsp3) is 0.600. The van der Waals surface area contributed by atoms with Crippen LogP contribution in [0.25, 0.3) is 0 Å². The minimum absolute atomic E-state index is 0. The minimum atomic E-state index is -0.538. The van der Waals surface area contributed by atoms with E-state index in [-0.39, 0.29) is 35.9 Å². The Morgan fingerprint density at radius 2 is 1.76 bits per heavy atom. The molecule has 0 fully saturated rings. The highest BCUT2D eigenvalue weighted by atomic mass is 127. The second-order valence-electron chi connectivity index (χ2n) is 7.64. The Labute approximate surface area is 191 Å². The van der Waals surface area contributed by atoms with Crippen LogP contribution in [-0.4, -0.2) is 51.5 Å². The van der Waals surface area contributed by atoms with Gasteiger partial charge in [0.15, 0.2) is 17.5 Å².